The number of benzene rings is 1. The predicted molar refractivity (Wildman–Crippen MR) is 92.1 cm³/mol. The summed E-state index contributed by atoms with van der Waals surface area (Å²) < 4.78 is 11.7. The third-order valence-electron chi connectivity index (χ3n) is 4.62. The summed E-state index contributed by atoms with van der Waals surface area (Å²) in [7, 11) is 1.81. The van der Waals surface area contributed by atoms with Crippen LogP contribution in [-0.2, 0) is 4.74 Å². The number of rotatable bonds is 6. The molecule has 0 radical (unpaired) electrons. The zero-order chi connectivity index (χ0) is 16.1. The fraction of sp³-hybridized carbons (Fsp3) is 0.611. The lowest BCUT2D eigenvalue weighted by atomic mass is 9.96. The number of ether oxygens (including phenoxy) is 2. The Morgan fingerprint density at radius 2 is 2.22 bits per heavy atom. The van der Waals surface area contributed by atoms with Gasteiger partial charge in [0.1, 0.15) is 5.75 Å². The van der Waals surface area contributed by atoms with Gasteiger partial charge in [0.2, 0.25) is 0 Å². The van der Waals surface area contributed by atoms with Crippen molar-refractivity contribution in [3.8, 4) is 5.75 Å². The van der Waals surface area contributed by atoms with Crippen LogP contribution in [0.4, 0.5) is 0 Å². The SMILES string of the molecule is CN=C(NCCCOc1ccccc1C)NC1CC2CCC1O2. The van der Waals surface area contributed by atoms with Gasteiger partial charge >= 0.3 is 0 Å². The summed E-state index contributed by atoms with van der Waals surface area (Å²) in [5.41, 5.74) is 1.18. The second kappa shape index (κ2) is 7.68. The van der Waals surface area contributed by atoms with Crippen LogP contribution in [0.15, 0.2) is 29.3 Å². The fourth-order valence-corrected chi connectivity index (χ4v) is 3.34. The first-order valence-corrected chi connectivity index (χ1v) is 8.57. The minimum Gasteiger partial charge on any atom is -0.493 e. The van der Waals surface area contributed by atoms with E-state index in [2.05, 4.69) is 28.6 Å². The van der Waals surface area contributed by atoms with Crippen molar-refractivity contribution >= 4 is 5.96 Å². The lowest BCUT2D eigenvalue weighted by Gasteiger charge is -2.22. The normalized spacial score (nSPS) is 26.3. The molecular formula is C18H27N3O2. The van der Waals surface area contributed by atoms with Gasteiger partial charge in [0, 0.05) is 13.6 Å². The molecular weight excluding hydrogens is 290 g/mol. The van der Waals surface area contributed by atoms with Crippen molar-refractivity contribution in [3.63, 3.8) is 0 Å². The Labute approximate surface area is 138 Å². The first-order valence-electron chi connectivity index (χ1n) is 8.57. The van der Waals surface area contributed by atoms with Crippen molar-refractivity contribution in [2.45, 2.75) is 50.9 Å². The van der Waals surface area contributed by atoms with E-state index in [9.17, 15) is 0 Å². The maximum atomic E-state index is 5.87. The number of nitrogens with zero attached hydrogens (tertiary/aromatic N) is 1. The average molecular weight is 317 g/mol. The van der Waals surface area contributed by atoms with Crippen molar-refractivity contribution < 1.29 is 9.47 Å². The van der Waals surface area contributed by atoms with E-state index in [4.69, 9.17) is 9.47 Å². The van der Waals surface area contributed by atoms with Crippen LogP contribution in [0.1, 0.15) is 31.2 Å². The van der Waals surface area contributed by atoms with E-state index >= 15 is 0 Å². The molecule has 2 aliphatic rings. The molecule has 126 valence electrons. The van der Waals surface area contributed by atoms with Gasteiger partial charge in [-0.15, -0.1) is 0 Å². The number of aliphatic imine (C=N–C) groups is 1. The minimum atomic E-state index is 0.364. The maximum Gasteiger partial charge on any atom is 0.191 e. The van der Waals surface area contributed by atoms with Crippen molar-refractivity contribution in [1.82, 2.24) is 10.6 Å². The Balaban J connectivity index is 1.34. The molecule has 5 heteroatoms. The molecule has 0 saturated carbocycles. The van der Waals surface area contributed by atoms with Crippen LogP contribution in [0, 0.1) is 6.92 Å². The molecule has 1 aromatic rings. The van der Waals surface area contributed by atoms with Crippen molar-refractivity contribution in [2.75, 3.05) is 20.2 Å². The van der Waals surface area contributed by atoms with E-state index in [0.29, 0.717) is 24.9 Å². The van der Waals surface area contributed by atoms with Crippen LogP contribution in [-0.4, -0.2) is 44.4 Å². The highest BCUT2D eigenvalue weighted by atomic mass is 16.5. The first kappa shape index (κ1) is 16.1. The molecule has 5 nitrogen and oxygen atoms in total. The first-order chi connectivity index (χ1) is 11.3. The highest BCUT2D eigenvalue weighted by molar-refractivity contribution is 5.80. The van der Waals surface area contributed by atoms with Gasteiger partial charge in [0.25, 0.3) is 0 Å². The molecule has 23 heavy (non-hydrogen) atoms. The molecule has 2 bridgehead atoms. The Kier molecular flexibility index (Phi) is 5.39. The summed E-state index contributed by atoms with van der Waals surface area (Å²) in [6, 6.07) is 8.51. The molecule has 2 heterocycles. The second-order valence-corrected chi connectivity index (χ2v) is 6.33. The van der Waals surface area contributed by atoms with Gasteiger partial charge in [-0.1, -0.05) is 18.2 Å². The topological polar surface area (TPSA) is 54.9 Å². The molecule has 2 N–H and O–H groups in total. The molecule has 2 saturated heterocycles. The number of fused-ring (bicyclic) bond motifs is 2. The van der Waals surface area contributed by atoms with Gasteiger partial charge in [-0.2, -0.15) is 0 Å². The largest absolute Gasteiger partial charge is 0.493 e. The summed E-state index contributed by atoms with van der Waals surface area (Å²) >= 11 is 0. The van der Waals surface area contributed by atoms with Crippen LogP contribution in [0.3, 0.4) is 0 Å². The Morgan fingerprint density at radius 1 is 1.35 bits per heavy atom. The van der Waals surface area contributed by atoms with Crippen LogP contribution in [0.2, 0.25) is 0 Å². The van der Waals surface area contributed by atoms with Crippen LogP contribution in [0.25, 0.3) is 0 Å². The third kappa shape index (κ3) is 4.16. The van der Waals surface area contributed by atoms with Crippen molar-refractivity contribution in [2.24, 2.45) is 4.99 Å². The molecule has 0 aliphatic carbocycles. The molecule has 2 fully saturated rings. The number of hydrogen-bond acceptors (Lipinski definition) is 3. The Bertz CT molecular complexity index is 547. The van der Waals surface area contributed by atoms with Crippen LogP contribution < -0.4 is 15.4 Å². The van der Waals surface area contributed by atoms with E-state index < -0.39 is 0 Å². The number of para-hydroxylation sites is 1. The monoisotopic (exact) mass is 317 g/mol. The zero-order valence-corrected chi connectivity index (χ0v) is 14.0. The van der Waals surface area contributed by atoms with Crippen LogP contribution >= 0.6 is 0 Å². The van der Waals surface area contributed by atoms with E-state index in [0.717, 1.165) is 31.1 Å². The zero-order valence-electron chi connectivity index (χ0n) is 14.0. The molecule has 0 aromatic heterocycles. The molecule has 0 amide bonds. The number of guanidine groups is 1. The van der Waals surface area contributed by atoms with Gasteiger partial charge in [0.15, 0.2) is 5.96 Å². The van der Waals surface area contributed by atoms with E-state index in [1.165, 1.54) is 18.4 Å². The van der Waals surface area contributed by atoms with Crippen molar-refractivity contribution in [3.05, 3.63) is 29.8 Å². The average Bonchev–Trinajstić information content (AvgIpc) is 3.18. The summed E-state index contributed by atoms with van der Waals surface area (Å²) in [5, 5.41) is 6.85. The van der Waals surface area contributed by atoms with Crippen molar-refractivity contribution in [1.29, 1.82) is 0 Å². The molecule has 3 unspecified atom stereocenters. The minimum absolute atomic E-state index is 0.364. The molecule has 3 atom stereocenters. The Hall–Kier alpha value is -1.75. The molecule has 1 aromatic carbocycles. The predicted octanol–water partition coefficient (Wildman–Crippen LogP) is 2.25. The molecule has 0 spiro atoms. The number of nitrogens with one attached hydrogen (secondary N) is 2. The smallest absolute Gasteiger partial charge is 0.191 e. The van der Waals surface area contributed by atoms with E-state index in [1.54, 1.807) is 0 Å². The van der Waals surface area contributed by atoms with Gasteiger partial charge in [0.05, 0.1) is 24.9 Å². The summed E-state index contributed by atoms with van der Waals surface area (Å²) in [4.78, 5) is 4.30. The van der Waals surface area contributed by atoms with Gasteiger partial charge < -0.3 is 20.1 Å². The lowest BCUT2D eigenvalue weighted by Crippen LogP contribution is -2.47. The number of hydrogen-bond donors (Lipinski definition) is 2. The number of aryl methyl sites for hydroxylation is 1. The van der Waals surface area contributed by atoms with Gasteiger partial charge in [-0.05, 0) is 44.2 Å². The standard InChI is InChI=1S/C18H27N3O2/c1-13-6-3-4-7-16(13)22-11-5-10-20-18(19-2)21-15-12-14-8-9-17(15)23-14/h3-4,6-7,14-15,17H,5,8-12H2,1-2H3,(H2,19,20,21). The highest BCUT2D eigenvalue weighted by Gasteiger charge is 2.41. The van der Waals surface area contributed by atoms with Gasteiger partial charge in [-0.25, -0.2) is 0 Å². The summed E-state index contributed by atoms with van der Waals surface area (Å²) in [6.45, 7) is 3.61. The fourth-order valence-electron chi connectivity index (χ4n) is 3.34. The molecule has 2 aliphatic heterocycles. The lowest BCUT2D eigenvalue weighted by molar-refractivity contribution is 0.0992. The highest BCUT2D eigenvalue weighted by Crippen LogP contribution is 2.34. The third-order valence-corrected chi connectivity index (χ3v) is 4.62. The van der Waals surface area contributed by atoms with Crippen LogP contribution in [0.5, 0.6) is 5.75 Å². The van der Waals surface area contributed by atoms with E-state index in [-0.39, 0.29) is 0 Å². The van der Waals surface area contributed by atoms with Gasteiger partial charge in [-0.3, -0.25) is 4.99 Å². The Morgan fingerprint density at radius 3 is 2.91 bits per heavy atom. The second-order valence-electron chi connectivity index (χ2n) is 6.33. The maximum absolute atomic E-state index is 5.87. The summed E-state index contributed by atoms with van der Waals surface area (Å²) in [5.74, 6) is 1.83. The summed E-state index contributed by atoms with van der Waals surface area (Å²) in [6.07, 6.45) is 5.24. The molecule has 3 rings (SSSR count). The van der Waals surface area contributed by atoms with E-state index in [1.807, 2.05) is 25.2 Å². The quantitative estimate of drug-likeness (QED) is 0.480.